The van der Waals surface area contributed by atoms with Gasteiger partial charge in [-0.15, -0.1) is 0 Å². The smallest absolute Gasteiger partial charge is 0.242 e. The standard InChI is InChI=1S/C16H17ClF2N4O2S/c1-16(5-6-16)22-26(24,25)9-7-12(23(2)8-9)15(20)21-11-4-3-10(18)13(17)14(11)19/h3-4,7-8,22H,5-6H2,1-2H3,(H2,20,21). The van der Waals surface area contributed by atoms with Crippen molar-refractivity contribution in [2.75, 3.05) is 0 Å². The predicted octanol–water partition coefficient (Wildman–Crippen LogP) is 2.82. The van der Waals surface area contributed by atoms with Gasteiger partial charge < -0.3 is 10.3 Å². The Labute approximate surface area is 154 Å². The van der Waals surface area contributed by atoms with E-state index in [2.05, 4.69) is 9.71 Å². The summed E-state index contributed by atoms with van der Waals surface area (Å²) in [5.41, 5.74) is 5.50. The Hall–Kier alpha value is -1.97. The molecule has 0 spiro atoms. The first kappa shape index (κ1) is 18.8. The summed E-state index contributed by atoms with van der Waals surface area (Å²) in [6.07, 6.45) is 2.94. The fourth-order valence-electron chi connectivity index (χ4n) is 2.40. The number of nitrogens with two attached hydrogens (primary N) is 1. The molecule has 1 heterocycles. The van der Waals surface area contributed by atoms with Crippen LogP contribution in [0.3, 0.4) is 0 Å². The number of aliphatic imine (C=N–C) groups is 1. The first-order valence-corrected chi connectivity index (χ1v) is 9.57. The summed E-state index contributed by atoms with van der Waals surface area (Å²) in [7, 11) is -2.12. The van der Waals surface area contributed by atoms with E-state index in [9.17, 15) is 17.2 Å². The molecule has 6 nitrogen and oxygen atoms in total. The normalized spacial score (nSPS) is 16.7. The molecule has 3 N–H and O–H groups in total. The van der Waals surface area contributed by atoms with Crippen LogP contribution >= 0.6 is 11.6 Å². The van der Waals surface area contributed by atoms with Crippen LogP contribution in [-0.4, -0.2) is 24.4 Å². The largest absolute Gasteiger partial charge is 0.382 e. The molecule has 1 fully saturated rings. The summed E-state index contributed by atoms with van der Waals surface area (Å²) in [5, 5.41) is -0.684. The van der Waals surface area contributed by atoms with Crippen LogP contribution in [0.25, 0.3) is 0 Å². The minimum atomic E-state index is -3.71. The molecule has 140 valence electrons. The van der Waals surface area contributed by atoms with E-state index in [1.165, 1.54) is 16.8 Å². The van der Waals surface area contributed by atoms with E-state index in [1.807, 2.05) is 6.92 Å². The number of aromatic nitrogens is 1. The van der Waals surface area contributed by atoms with Crippen LogP contribution in [0.5, 0.6) is 0 Å². The van der Waals surface area contributed by atoms with E-state index in [-0.39, 0.29) is 22.1 Å². The molecule has 0 radical (unpaired) electrons. The molecule has 26 heavy (non-hydrogen) atoms. The van der Waals surface area contributed by atoms with Crippen molar-refractivity contribution >= 4 is 33.1 Å². The minimum absolute atomic E-state index is 0.0267. The maximum Gasteiger partial charge on any atom is 0.242 e. The molecule has 3 rings (SSSR count). The van der Waals surface area contributed by atoms with Gasteiger partial charge in [-0.1, -0.05) is 11.6 Å². The van der Waals surface area contributed by atoms with Gasteiger partial charge in [-0.2, -0.15) is 0 Å². The molecule has 1 aromatic carbocycles. The van der Waals surface area contributed by atoms with Gasteiger partial charge in [0.15, 0.2) is 5.82 Å². The molecule has 1 aliphatic carbocycles. The van der Waals surface area contributed by atoms with E-state index >= 15 is 0 Å². The molecule has 0 aliphatic heterocycles. The zero-order valence-corrected chi connectivity index (χ0v) is 15.6. The lowest BCUT2D eigenvalue weighted by Crippen LogP contribution is -2.34. The number of nitrogens with one attached hydrogen (secondary N) is 1. The second-order valence-corrected chi connectivity index (χ2v) is 8.59. The highest BCUT2D eigenvalue weighted by Gasteiger charge is 2.41. The molecule has 0 atom stereocenters. The maximum absolute atomic E-state index is 14.0. The molecular weight excluding hydrogens is 386 g/mol. The minimum Gasteiger partial charge on any atom is -0.382 e. The van der Waals surface area contributed by atoms with Crippen LogP contribution in [0.1, 0.15) is 25.5 Å². The van der Waals surface area contributed by atoms with Crippen LogP contribution in [0.15, 0.2) is 34.3 Å². The van der Waals surface area contributed by atoms with E-state index in [1.54, 1.807) is 7.05 Å². The Morgan fingerprint density at radius 1 is 1.38 bits per heavy atom. The first-order chi connectivity index (χ1) is 12.0. The number of amidine groups is 1. The average molecular weight is 403 g/mol. The van der Waals surface area contributed by atoms with Gasteiger partial charge in [0.1, 0.15) is 27.3 Å². The Kier molecular flexibility index (Phi) is 4.58. The third kappa shape index (κ3) is 3.60. The summed E-state index contributed by atoms with van der Waals surface area (Å²) in [5.74, 6) is -2.08. The van der Waals surface area contributed by atoms with Crippen molar-refractivity contribution < 1.29 is 17.2 Å². The second-order valence-electron chi connectivity index (χ2n) is 6.53. The first-order valence-electron chi connectivity index (χ1n) is 7.71. The molecule has 0 amide bonds. The molecule has 1 saturated carbocycles. The topological polar surface area (TPSA) is 89.5 Å². The fraction of sp³-hybridized carbons (Fsp3) is 0.312. The van der Waals surface area contributed by atoms with Gasteiger partial charge in [-0.3, -0.25) is 0 Å². The van der Waals surface area contributed by atoms with Gasteiger partial charge in [-0.25, -0.2) is 26.9 Å². The highest BCUT2D eigenvalue weighted by Crippen LogP contribution is 2.36. The lowest BCUT2D eigenvalue weighted by molar-refractivity contribution is 0.558. The highest BCUT2D eigenvalue weighted by molar-refractivity contribution is 7.89. The number of hydrogen-bond acceptors (Lipinski definition) is 3. The Balaban J connectivity index is 1.95. The van der Waals surface area contributed by atoms with Gasteiger partial charge in [0, 0.05) is 18.8 Å². The summed E-state index contributed by atoms with van der Waals surface area (Å²) in [6.45, 7) is 1.82. The van der Waals surface area contributed by atoms with E-state index < -0.39 is 32.2 Å². The summed E-state index contributed by atoms with van der Waals surface area (Å²) < 4.78 is 56.2. The Bertz CT molecular complexity index is 1010. The van der Waals surface area contributed by atoms with Crippen LogP contribution in [-0.2, 0) is 17.1 Å². The predicted molar refractivity (Wildman–Crippen MR) is 95.1 cm³/mol. The Morgan fingerprint density at radius 2 is 2.04 bits per heavy atom. The quantitative estimate of drug-likeness (QED) is 0.458. The molecule has 10 heteroatoms. The zero-order valence-electron chi connectivity index (χ0n) is 14.1. The molecular formula is C16H17ClF2N4O2S. The lowest BCUT2D eigenvalue weighted by Gasteiger charge is -2.10. The van der Waals surface area contributed by atoms with Gasteiger partial charge in [0.05, 0.1) is 5.69 Å². The lowest BCUT2D eigenvalue weighted by atomic mass is 10.3. The van der Waals surface area contributed by atoms with Crippen LogP contribution < -0.4 is 10.5 Å². The zero-order chi connectivity index (χ0) is 19.3. The van der Waals surface area contributed by atoms with Gasteiger partial charge in [0.25, 0.3) is 0 Å². The number of nitrogens with zero attached hydrogens (tertiary/aromatic N) is 2. The fourth-order valence-corrected chi connectivity index (χ4v) is 4.09. The number of halogens is 3. The van der Waals surface area contributed by atoms with Crippen molar-refractivity contribution in [3.63, 3.8) is 0 Å². The average Bonchev–Trinajstić information content (AvgIpc) is 3.12. The number of aryl methyl sites for hydroxylation is 1. The Morgan fingerprint density at radius 3 is 2.65 bits per heavy atom. The second kappa shape index (κ2) is 6.33. The van der Waals surface area contributed by atoms with Gasteiger partial charge in [-0.05, 0) is 38.0 Å². The van der Waals surface area contributed by atoms with Crippen molar-refractivity contribution in [1.82, 2.24) is 9.29 Å². The summed E-state index contributed by atoms with van der Waals surface area (Å²) in [6, 6.07) is 3.41. The number of benzene rings is 1. The van der Waals surface area contributed by atoms with Crippen molar-refractivity contribution in [2.24, 2.45) is 17.8 Å². The van der Waals surface area contributed by atoms with Gasteiger partial charge >= 0.3 is 0 Å². The van der Waals surface area contributed by atoms with Crippen molar-refractivity contribution in [3.05, 3.63) is 46.7 Å². The number of sulfonamides is 1. The molecule has 2 aromatic rings. The molecule has 0 bridgehead atoms. The van der Waals surface area contributed by atoms with E-state index in [4.69, 9.17) is 17.3 Å². The van der Waals surface area contributed by atoms with Crippen molar-refractivity contribution in [1.29, 1.82) is 0 Å². The van der Waals surface area contributed by atoms with Gasteiger partial charge in [0.2, 0.25) is 10.0 Å². The summed E-state index contributed by atoms with van der Waals surface area (Å²) >= 11 is 5.52. The van der Waals surface area contributed by atoms with Crippen LogP contribution in [0.4, 0.5) is 14.5 Å². The third-order valence-electron chi connectivity index (χ3n) is 4.19. The monoisotopic (exact) mass is 402 g/mol. The summed E-state index contributed by atoms with van der Waals surface area (Å²) in [4.78, 5) is 3.93. The molecule has 1 aliphatic rings. The number of rotatable bonds is 5. The number of hydrogen-bond donors (Lipinski definition) is 2. The maximum atomic E-state index is 14.0. The van der Waals surface area contributed by atoms with Crippen LogP contribution in [0, 0.1) is 11.6 Å². The molecule has 0 saturated heterocycles. The molecule has 0 unspecified atom stereocenters. The SMILES string of the molecule is Cn1cc(S(=O)(=O)NC2(C)CC2)cc1C(N)=Nc1ccc(F)c(Cl)c1F. The van der Waals surface area contributed by atoms with E-state index in [0.29, 0.717) is 0 Å². The van der Waals surface area contributed by atoms with Crippen molar-refractivity contribution in [2.45, 2.75) is 30.2 Å². The third-order valence-corrected chi connectivity index (χ3v) is 6.14. The van der Waals surface area contributed by atoms with Crippen LogP contribution in [0.2, 0.25) is 5.02 Å². The van der Waals surface area contributed by atoms with E-state index in [0.717, 1.165) is 25.0 Å². The van der Waals surface area contributed by atoms with Crippen molar-refractivity contribution in [3.8, 4) is 0 Å². The molecule has 1 aromatic heterocycles. The highest BCUT2D eigenvalue weighted by atomic mass is 35.5.